The van der Waals surface area contributed by atoms with Gasteiger partial charge in [-0.05, 0) is 80.4 Å². The van der Waals surface area contributed by atoms with Gasteiger partial charge < -0.3 is 19.5 Å². The molecule has 0 fully saturated rings. The number of rotatable bonds is 9. The zero-order valence-electron chi connectivity index (χ0n) is 18.5. The van der Waals surface area contributed by atoms with E-state index >= 15 is 0 Å². The van der Waals surface area contributed by atoms with E-state index in [9.17, 15) is 9.59 Å². The number of hydrogen-bond acceptors (Lipinski definition) is 5. The van der Waals surface area contributed by atoms with Gasteiger partial charge in [-0.25, -0.2) is 0 Å². The summed E-state index contributed by atoms with van der Waals surface area (Å²) in [7, 11) is 1.61. The second-order valence-electron chi connectivity index (χ2n) is 7.40. The van der Waals surface area contributed by atoms with Crippen LogP contribution in [0.2, 0.25) is 0 Å². The van der Waals surface area contributed by atoms with Crippen molar-refractivity contribution in [1.29, 1.82) is 0 Å². The standard InChI is InChI=1S/C26H27NO5/c1-18-6-15-24(19(2)17-18)27-26(29)20-7-9-23(10-8-20)32-25(28)5-4-16-31-22-13-11-21(30-3)12-14-22/h6-15,17H,4-5,16H2,1-3H3,(H,27,29). The third-order valence-electron chi connectivity index (χ3n) is 4.83. The summed E-state index contributed by atoms with van der Waals surface area (Å²) in [4.78, 5) is 24.5. The van der Waals surface area contributed by atoms with Gasteiger partial charge in [0.2, 0.25) is 0 Å². The van der Waals surface area contributed by atoms with E-state index in [0.717, 1.165) is 22.6 Å². The van der Waals surface area contributed by atoms with Crippen molar-refractivity contribution in [2.24, 2.45) is 0 Å². The van der Waals surface area contributed by atoms with Crippen LogP contribution in [-0.2, 0) is 4.79 Å². The van der Waals surface area contributed by atoms with E-state index in [1.165, 1.54) is 0 Å². The quantitative estimate of drug-likeness (QED) is 0.281. The smallest absolute Gasteiger partial charge is 0.311 e. The van der Waals surface area contributed by atoms with Gasteiger partial charge in [0.1, 0.15) is 17.2 Å². The predicted octanol–water partition coefficient (Wildman–Crippen LogP) is 5.33. The molecule has 0 aliphatic heterocycles. The van der Waals surface area contributed by atoms with Crippen molar-refractivity contribution in [3.05, 3.63) is 83.4 Å². The fraction of sp³-hybridized carbons (Fsp3) is 0.231. The molecule has 0 aromatic heterocycles. The van der Waals surface area contributed by atoms with Crippen LogP contribution < -0.4 is 19.5 Å². The molecule has 0 aliphatic carbocycles. The maximum Gasteiger partial charge on any atom is 0.311 e. The summed E-state index contributed by atoms with van der Waals surface area (Å²) in [6.07, 6.45) is 0.756. The molecular weight excluding hydrogens is 406 g/mol. The zero-order chi connectivity index (χ0) is 22.9. The second-order valence-corrected chi connectivity index (χ2v) is 7.40. The first kappa shape index (κ1) is 22.9. The van der Waals surface area contributed by atoms with E-state index in [-0.39, 0.29) is 18.3 Å². The predicted molar refractivity (Wildman–Crippen MR) is 124 cm³/mol. The molecule has 3 aromatic carbocycles. The summed E-state index contributed by atoms with van der Waals surface area (Å²) in [6.45, 7) is 4.36. The number of benzene rings is 3. The molecule has 3 rings (SSSR count). The summed E-state index contributed by atoms with van der Waals surface area (Å²) in [5, 5.41) is 2.90. The number of methoxy groups -OCH3 is 1. The summed E-state index contributed by atoms with van der Waals surface area (Å²) in [6, 6.07) is 19.6. The lowest BCUT2D eigenvalue weighted by Crippen LogP contribution is -2.13. The number of carbonyl (C=O) groups is 2. The highest BCUT2D eigenvalue weighted by molar-refractivity contribution is 6.04. The van der Waals surface area contributed by atoms with Crippen molar-refractivity contribution in [2.75, 3.05) is 19.0 Å². The molecule has 0 atom stereocenters. The lowest BCUT2D eigenvalue weighted by Gasteiger charge is -2.10. The van der Waals surface area contributed by atoms with Crippen LogP contribution in [0.5, 0.6) is 17.2 Å². The Hall–Kier alpha value is -3.80. The number of ether oxygens (including phenoxy) is 3. The van der Waals surface area contributed by atoms with Crippen LogP contribution in [0.4, 0.5) is 5.69 Å². The number of nitrogens with one attached hydrogen (secondary N) is 1. The molecule has 166 valence electrons. The maximum atomic E-state index is 12.5. The monoisotopic (exact) mass is 433 g/mol. The Morgan fingerprint density at radius 2 is 1.50 bits per heavy atom. The number of amides is 1. The van der Waals surface area contributed by atoms with Crippen LogP contribution in [0.25, 0.3) is 0 Å². The van der Waals surface area contributed by atoms with E-state index in [0.29, 0.717) is 30.1 Å². The summed E-state index contributed by atoms with van der Waals surface area (Å²) in [5.74, 6) is 1.30. The van der Waals surface area contributed by atoms with Gasteiger partial charge in [-0.1, -0.05) is 17.7 Å². The van der Waals surface area contributed by atoms with Crippen molar-refractivity contribution >= 4 is 17.6 Å². The van der Waals surface area contributed by atoms with Gasteiger partial charge in [0.15, 0.2) is 0 Å². The molecule has 32 heavy (non-hydrogen) atoms. The number of carbonyl (C=O) groups excluding carboxylic acids is 2. The molecule has 0 bridgehead atoms. The molecule has 0 heterocycles. The minimum Gasteiger partial charge on any atom is -0.497 e. The van der Waals surface area contributed by atoms with Crippen molar-refractivity contribution in [1.82, 2.24) is 0 Å². The minimum absolute atomic E-state index is 0.217. The molecule has 0 unspecified atom stereocenters. The first-order valence-electron chi connectivity index (χ1n) is 10.4. The first-order chi connectivity index (χ1) is 15.4. The number of esters is 1. The van der Waals surface area contributed by atoms with Crippen LogP contribution in [0.1, 0.15) is 34.3 Å². The third-order valence-corrected chi connectivity index (χ3v) is 4.83. The fourth-order valence-corrected chi connectivity index (χ4v) is 3.08. The molecular formula is C26H27NO5. The Kier molecular flexibility index (Phi) is 7.86. The van der Waals surface area contributed by atoms with Crippen LogP contribution in [0.3, 0.4) is 0 Å². The number of aryl methyl sites for hydroxylation is 2. The highest BCUT2D eigenvalue weighted by atomic mass is 16.5. The summed E-state index contributed by atoms with van der Waals surface area (Å²) in [5.41, 5.74) is 3.39. The van der Waals surface area contributed by atoms with Gasteiger partial charge in [0.25, 0.3) is 5.91 Å². The van der Waals surface area contributed by atoms with E-state index in [1.54, 1.807) is 31.4 Å². The normalized spacial score (nSPS) is 10.3. The first-order valence-corrected chi connectivity index (χ1v) is 10.4. The molecule has 6 heteroatoms. The van der Waals surface area contributed by atoms with Gasteiger partial charge in [0.05, 0.1) is 13.7 Å². The molecule has 0 saturated carbocycles. The molecule has 3 aromatic rings. The van der Waals surface area contributed by atoms with Crippen LogP contribution in [0.15, 0.2) is 66.7 Å². The van der Waals surface area contributed by atoms with E-state index in [2.05, 4.69) is 5.32 Å². The number of anilines is 1. The van der Waals surface area contributed by atoms with Gasteiger partial charge in [-0.3, -0.25) is 9.59 Å². The SMILES string of the molecule is COc1ccc(OCCCC(=O)Oc2ccc(C(=O)Nc3ccc(C)cc3C)cc2)cc1. The molecule has 1 N–H and O–H groups in total. The lowest BCUT2D eigenvalue weighted by atomic mass is 10.1. The largest absolute Gasteiger partial charge is 0.497 e. The average Bonchev–Trinajstić information content (AvgIpc) is 2.79. The minimum atomic E-state index is -0.351. The Bertz CT molecular complexity index is 1060. The Balaban J connectivity index is 1.43. The molecule has 6 nitrogen and oxygen atoms in total. The van der Waals surface area contributed by atoms with Gasteiger partial charge >= 0.3 is 5.97 Å². The molecule has 1 amide bonds. The van der Waals surface area contributed by atoms with Crippen LogP contribution in [0, 0.1) is 13.8 Å². The number of hydrogen-bond donors (Lipinski definition) is 1. The Morgan fingerprint density at radius 1 is 0.844 bits per heavy atom. The average molecular weight is 434 g/mol. The van der Waals surface area contributed by atoms with E-state index in [1.807, 2.05) is 56.3 Å². The van der Waals surface area contributed by atoms with Crippen LogP contribution >= 0.6 is 0 Å². The molecule has 0 spiro atoms. The Morgan fingerprint density at radius 3 is 2.16 bits per heavy atom. The highest BCUT2D eigenvalue weighted by Crippen LogP contribution is 2.19. The Labute approximate surface area is 188 Å². The second kappa shape index (κ2) is 11.0. The van der Waals surface area contributed by atoms with E-state index < -0.39 is 0 Å². The van der Waals surface area contributed by atoms with Gasteiger partial charge in [0, 0.05) is 17.7 Å². The van der Waals surface area contributed by atoms with Gasteiger partial charge in [-0.15, -0.1) is 0 Å². The highest BCUT2D eigenvalue weighted by Gasteiger charge is 2.10. The van der Waals surface area contributed by atoms with Crippen molar-refractivity contribution in [3.8, 4) is 17.2 Å². The molecule has 0 radical (unpaired) electrons. The van der Waals surface area contributed by atoms with E-state index in [4.69, 9.17) is 14.2 Å². The topological polar surface area (TPSA) is 73.9 Å². The fourth-order valence-electron chi connectivity index (χ4n) is 3.08. The van der Waals surface area contributed by atoms with Crippen molar-refractivity contribution < 1.29 is 23.8 Å². The molecule has 0 aliphatic rings. The lowest BCUT2D eigenvalue weighted by molar-refractivity contribution is -0.134. The summed E-state index contributed by atoms with van der Waals surface area (Å²) < 4.78 is 16.0. The third kappa shape index (κ3) is 6.60. The van der Waals surface area contributed by atoms with Crippen LogP contribution in [-0.4, -0.2) is 25.6 Å². The van der Waals surface area contributed by atoms with Gasteiger partial charge in [-0.2, -0.15) is 0 Å². The summed E-state index contributed by atoms with van der Waals surface area (Å²) >= 11 is 0. The zero-order valence-corrected chi connectivity index (χ0v) is 18.5. The molecule has 0 saturated heterocycles. The van der Waals surface area contributed by atoms with Crippen molar-refractivity contribution in [2.45, 2.75) is 26.7 Å². The van der Waals surface area contributed by atoms with Crippen molar-refractivity contribution in [3.63, 3.8) is 0 Å². The maximum absolute atomic E-state index is 12.5.